The zero-order chi connectivity index (χ0) is 27.7. The van der Waals surface area contributed by atoms with Gasteiger partial charge in [0.2, 0.25) is 12.2 Å². The first-order chi connectivity index (χ1) is 18.0. The second-order valence-corrected chi connectivity index (χ2v) is 9.26. The summed E-state index contributed by atoms with van der Waals surface area (Å²) < 4.78 is 27.9. The summed E-state index contributed by atoms with van der Waals surface area (Å²) >= 11 is 0. The molecule has 210 valence electrons. The molecular formula is C24H31NO13. The van der Waals surface area contributed by atoms with Crippen LogP contribution in [0.15, 0.2) is 33.5 Å². The van der Waals surface area contributed by atoms with E-state index in [1.165, 1.54) is 19.1 Å². The van der Waals surface area contributed by atoms with Crippen LogP contribution >= 0.6 is 0 Å². The smallest absolute Gasteiger partial charge is 0.336 e. The van der Waals surface area contributed by atoms with Crippen molar-refractivity contribution in [3.63, 3.8) is 0 Å². The average Bonchev–Trinajstić information content (AvgIpc) is 2.87. The van der Waals surface area contributed by atoms with E-state index in [2.05, 4.69) is 5.32 Å². The number of ether oxygens (including phenoxy) is 4. The molecule has 7 N–H and O–H groups in total. The molecule has 3 heterocycles. The number of aliphatic hydroxyl groups excluding tert-OH is 6. The fraction of sp³-hybridized carbons (Fsp3) is 0.583. The third-order valence-corrected chi connectivity index (χ3v) is 6.54. The highest BCUT2D eigenvalue weighted by Gasteiger charge is 2.51. The molecule has 1 aromatic carbocycles. The number of aliphatic hydroxyl groups is 6. The van der Waals surface area contributed by atoms with Gasteiger partial charge in [-0.2, -0.15) is 0 Å². The predicted octanol–water partition coefficient (Wildman–Crippen LogP) is -2.75. The van der Waals surface area contributed by atoms with Crippen molar-refractivity contribution in [3.05, 3.63) is 40.2 Å². The molecule has 0 radical (unpaired) electrons. The summed E-state index contributed by atoms with van der Waals surface area (Å²) in [5.41, 5.74) is 0.375. The van der Waals surface area contributed by atoms with Crippen molar-refractivity contribution in [3.8, 4) is 5.75 Å². The van der Waals surface area contributed by atoms with Crippen molar-refractivity contribution in [1.29, 1.82) is 0 Å². The predicted molar refractivity (Wildman–Crippen MR) is 126 cm³/mol. The van der Waals surface area contributed by atoms with Crippen molar-refractivity contribution in [2.75, 3.05) is 13.2 Å². The number of amides is 1. The first-order valence-corrected chi connectivity index (χ1v) is 11.9. The number of carbonyl (C=O) groups is 1. The fourth-order valence-electron chi connectivity index (χ4n) is 4.57. The van der Waals surface area contributed by atoms with Gasteiger partial charge in [0.1, 0.15) is 60.1 Å². The van der Waals surface area contributed by atoms with E-state index in [1.807, 2.05) is 0 Å². The van der Waals surface area contributed by atoms with Crippen LogP contribution in [0.4, 0.5) is 0 Å². The zero-order valence-corrected chi connectivity index (χ0v) is 20.5. The van der Waals surface area contributed by atoms with Crippen molar-refractivity contribution < 1.29 is 58.8 Å². The van der Waals surface area contributed by atoms with Gasteiger partial charge in [0, 0.05) is 24.4 Å². The third kappa shape index (κ3) is 5.68. The average molecular weight is 542 g/mol. The maximum atomic E-state index is 11.9. The van der Waals surface area contributed by atoms with Gasteiger partial charge in [0.05, 0.1) is 13.2 Å². The minimum absolute atomic E-state index is 0.170. The molecule has 2 fully saturated rings. The number of nitrogens with one attached hydrogen (secondary N) is 1. The van der Waals surface area contributed by atoms with E-state index in [0.717, 1.165) is 0 Å². The van der Waals surface area contributed by atoms with Crippen LogP contribution in [0.1, 0.15) is 12.5 Å². The maximum Gasteiger partial charge on any atom is 0.336 e. The van der Waals surface area contributed by atoms with Crippen LogP contribution in [0.2, 0.25) is 0 Å². The van der Waals surface area contributed by atoms with Gasteiger partial charge in [-0.1, -0.05) is 0 Å². The van der Waals surface area contributed by atoms with E-state index in [4.69, 9.17) is 23.4 Å². The molecule has 38 heavy (non-hydrogen) atoms. The van der Waals surface area contributed by atoms with Crippen molar-refractivity contribution in [2.24, 2.45) is 0 Å². The lowest BCUT2D eigenvalue weighted by atomic mass is 9.95. The van der Waals surface area contributed by atoms with Gasteiger partial charge in [0.15, 0.2) is 6.29 Å². The summed E-state index contributed by atoms with van der Waals surface area (Å²) in [6, 6.07) is 4.75. The fourth-order valence-corrected chi connectivity index (χ4v) is 4.57. The van der Waals surface area contributed by atoms with Gasteiger partial charge in [0.25, 0.3) is 0 Å². The normalized spacial score (nSPS) is 35.7. The number of carbonyl (C=O) groups excluding carboxylic acids is 1. The van der Waals surface area contributed by atoms with Crippen LogP contribution in [0.3, 0.4) is 0 Å². The minimum Gasteiger partial charge on any atom is -0.462 e. The standard InChI is InChI=1S/C24H31NO13/c1-9-5-16(29)35-13-6-11(3-4-12(9)13)34-23-17(25-10(2)28)19(31)22(15(8-27)37-23)38-24-21(33)20(32)18(30)14(7-26)36-24/h3-6,14-15,17-24,26-27,30-33H,7-8H2,1-2H3,(H,25,28)/t14-,15?,17-,18+,19-,20+,21-,22-,23-,24+/m1/s1. The molecule has 0 bridgehead atoms. The van der Waals surface area contributed by atoms with E-state index in [-0.39, 0.29) is 11.3 Å². The van der Waals surface area contributed by atoms with Crippen LogP contribution in [0.5, 0.6) is 5.75 Å². The van der Waals surface area contributed by atoms with Crippen LogP contribution in [-0.2, 0) is 19.0 Å². The molecular weight excluding hydrogens is 510 g/mol. The molecule has 1 amide bonds. The second kappa shape index (κ2) is 11.6. The van der Waals surface area contributed by atoms with Gasteiger partial charge in [-0.05, 0) is 24.6 Å². The molecule has 2 aliphatic rings. The molecule has 0 spiro atoms. The summed E-state index contributed by atoms with van der Waals surface area (Å²) in [4.78, 5) is 23.7. The SMILES string of the molecule is CC(=O)N[C@H]1[C@H](Oc2ccc3c(C)cc(=O)oc3c2)OC(CO)[C@@H](O[C@@H]2O[C@H](CO)[C@H](O)[C@H](O)[C@H]2O)[C@@H]1O. The first kappa shape index (κ1) is 28.4. The molecule has 1 aromatic heterocycles. The van der Waals surface area contributed by atoms with Crippen LogP contribution in [0.25, 0.3) is 11.0 Å². The molecule has 14 nitrogen and oxygen atoms in total. The number of rotatable bonds is 7. The van der Waals surface area contributed by atoms with E-state index >= 15 is 0 Å². The Kier molecular flexibility index (Phi) is 8.66. The lowest BCUT2D eigenvalue weighted by molar-refractivity contribution is -0.343. The van der Waals surface area contributed by atoms with E-state index in [0.29, 0.717) is 10.9 Å². The Balaban J connectivity index is 1.58. The molecule has 2 aliphatic heterocycles. The minimum atomic E-state index is -1.77. The van der Waals surface area contributed by atoms with Crippen LogP contribution in [0, 0.1) is 6.92 Å². The molecule has 1 unspecified atom stereocenters. The Morgan fingerprint density at radius 2 is 1.63 bits per heavy atom. The zero-order valence-electron chi connectivity index (χ0n) is 20.5. The Bertz CT molecular complexity index is 1190. The summed E-state index contributed by atoms with van der Waals surface area (Å²) in [5, 5.41) is 64.1. The molecule has 2 saturated heterocycles. The lowest BCUT2D eigenvalue weighted by Crippen LogP contribution is -2.68. The van der Waals surface area contributed by atoms with Crippen molar-refractivity contribution in [1.82, 2.24) is 5.32 Å². The molecule has 0 aliphatic carbocycles. The highest BCUT2D eigenvalue weighted by molar-refractivity contribution is 5.81. The van der Waals surface area contributed by atoms with Crippen molar-refractivity contribution >= 4 is 16.9 Å². The molecule has 4 rings (SSSR count). The Morgan fingerprint density at radius 3 is 2.29 bits per heavy atom. The van der Waals surface area contributed by atoms with Gasteiger partial charge in [-0.25, -0.2) is 4.79 Å². The van der Waals surface area contributed by atoms with Crippen molar-refractivity contribution in [2.45, 2.75) is 75.2 Å². The Hall–Kier alpha value is -2.66. The Labute approximate surface area is 215 Å². The van der Waals surface area contributed by atoms with Gasteiger partial charge in [-0.3, -0.25) is 4.79 Å². The number of benzene rings is 1. The number of hydrogen-bond acceptors (Lipinski definition) is 13. The van der Waals surface area contributed by atoms with Crippen LogP contribution in [-0.4, -0.2) is 111 Å². The highest BCUT2D eigenvalue weighted by atomic mass is 16.7. The first-order valence-electron chi connectivity index (χ1n) is 11.9. The van der Waals surface area contributed by atoms with Gasteiger partial charge >= 0.3 is 5.63 Å². The topological polar surface area (TPSA) is 218 Å². The molecule has 2 aromatic rings. The van der Waals surface area contributed by atoms with Crippen LogP contribution < -0.4 is 15.7 Å². The summed E-state index contributed by atoms with van der Waals surface area (Å²) in [5.74, 6) is -0.385. The summed E-state index contributed by atoms with van der Waals surface area (Å²) in [6.45, 7) is 1.54. The highest BCUT2D eigenvalue weighted by Crippen LogP contribution is 2.31. The largest absolute Gasteiger partial charge is 0.462 e. The lowest BCUT2D eigenvalue weighted by Gasteiger charge is -2.47. The summed E-state index contributed by atoms with van der Waals surface area (Å²) in [6.07, 6.45) is -13.7. The maximum absolute atomic E-state index is 11.9. The molecule has 14 heteroatoms. The number of fused-ring (bicyclic) bond motifs is 1. The quantitative estimate of drug-likeness (QED) is 0.177. The molecule has 0 saturated carbocycles. The Morgan fingerprint density at radius 1 is 0.947 bits per heavy atom. The monoisotopic (exact) mass is 541 g/mol. The molecule has 10 atom stereocenters. The summed E-state index contributed by atoms with van der Waals surface area (Å²) in [7, 11) is 0. The van der Waals surface area contributed by atoms with Gasteiger partial charge in [-0.15, -0.1) is 0 Å². The van der Waals surface area contributed by atoms with E-state index < -0.39 is 86.1 Å². The van der Waals surface area contributed by atoms with E-state index in [1.54, 1.807) is 19.1 Å². The third-order valence-electron chi connectivity index (χ3n) is 6.54. The second-order valence-electron chi connectivity index (χ2n) is 9.26. The number of hydrogen-bond donors (Lipinski definition) is 7. The van der Waals surface area contributed by atoms with Gasteiger partial charge < -0.3 is 59.3 Å². The van der Waals surface area contributed by atoms with E-state index in [9.17, 15) is 40.2 Å². The number of aryl methyl sites for hydroxylation is 1.